The molecule has 27 heavy (non-hydrogen) atoms. The first-order chi connectivity index (χ1) is 12.9. The molecule has 140 valence electrons. The standard InChI is InChI=1S/C18H16ClN3O4S/c1-10(17(24)22-15-5-3-12(19)9-20-15)26-18(25)11-2-4-14-13(8-11)21-16(23)6-7-27-14/h2-5,8-10H,6-7H2,1H3,(H,21,23)(H,20,22,24)/t10-/m0/s1. The van der Waals surface area contributed by atoms with E-state index in [1.807, 2.05) is 0 Å². The highest BCUT2D eigenvalue weighted by molar-refractivity contribution is 7.99. The Hall–Kier alpha value is -2.58. The SMILES string of the molecule is C[C@H](OC(=O)c1ccc2c(c1)NC(=O)CCS2)C(=O)Nc1ccc(Cl)cn1. The van der Waals surface area contributed by atoms with Gasteiger partial charge in [0.25, 0.3) is 5.91 Å². The van der Waals surface area contributed by atoms with Gasteiger partial charge in [-0.3, -0.25) is 9.59 Å². The summed E-state index contributed by atoms with van der Waals surface area (Å²) in [4.78, 5) is 41.0. The van der Waals surface area contributed by atoms with Crippen LogP contribution in [0.2, 0.25) is 5.02 Å². The van der Waals surface area contributed by atoms with E-state index < -0.39 is 18.0 Å². The molecule has 7 nitrogen and oxygen atoms in total. The van der Waals surface area contributed by atoms with E-state index in [1.54, 1.807) is 30.3 Å². The third-order valence-electron chi connectivity index (χ3n) is 3.71. The van der Waals surface area contributed by atoms with Gasteiger partial charge < -0.3 is 15.4 Å². The second-order valence-electron chi connectivity index (χ2n) is 5.76. The highest BCUT2D eigenvalue weighted by atomic mass is 35.5. The summed E-state index contributed by atoms with van der Waals surface area (Å²) in [5, 5.41) is 5.75. The molecule has 0 fully saturated rings. The van der Waals surface area contributed by atoms with E-state index in [1.165, 1.54) is 24.9 Å². The summed E-state index contributed by atoms with van der Waals surface area (Å²) < 4.78 is 5.22. The third kappa shape index (κ3) is 4.99. The largest absolute Gasteiger partial charge is 0.449 e. The molecule has 2 aromatic rings. The number of amides is 2. The van der Waals surface area contributed by atoms with Crippen LogP contribution in [0.25, 0.3) is 0 Å². The number of carbonyl (C=O) groups is 3. The van der Waals surface area contributed by atoms with Crippen molar-refractivity contribution in [1.29, 1.82) is 0 Å². The second-order valence-corrected chi connectivity index (χ2v) is 7.33. The van der Waals surface area contributed by atoms with Crippen LogP contribution in [0.1, 0.15) is 23.7 Å². The predicted molar refractivity (Wildman–Crippen MR) is 103 cm³/mol. The lowest BCUT2D eigenvalue weighted by molar-refractivity contribution is -0.123. The Bertz CT molecular complexity index is 889. The van der Waals surface area contributed by atoms with E-state index in [2.05, 4.69) is 15.6 Å². The van der Waals surface area contributed by atoms with E-state index in [0.717, 1.165) is 4.90 Å². The second kappa shape index (κ2) is 8.41. The molecule has 0 radical (unpaired) electrons. The van der Waals surface area contributed by atoms with Crippen LogP contribution in [0.3, 0.4) is 0 Å². The van der Waals surface area contributed by atoms with Crippen molar-refractivity contribution in [2.24, 2.45) is 0 Å². The Morgan fingerprint density at radius 2 is 2.15 bits per heavy atom. The number of hydrogen-bond acceptors (Lipinski definition) is 6. The van der Waals surface area contributed by atoms with E-state index >= 15 is 0 Å². The summed E-state index contributed by atoms with van der Waals surface area (Å²) in [7, 11) is 0. The Morgan fingerprint density at radius 3 is 2.89 bits per heavy atom. The number of anilines is 2. The lowest BCUT2D eigenvalue weighted by Crippen LogP contribution is -2.30. The zero-order chi connectivity index (χ0) is 19.4. The zero-order valence-corrected chi connectivity index (χ0v) is 15.9. The van der Waals surface area contributed by atoms with Gasteiger partial charge in [0.15, 0.2) is 6.10 Å². The minimum absolute atomic E-state index is 0.102. The maximum absolute atomic E-state index is 12.4. The fourth-order valence-corrected chi connectivity index (χ4v) is 3.36. The minimum Gasteiger partial charge on any atom is -0.449 e. The molecule has 2 heterocycles. The summed E-state index contributed by atoms with van der Waals surface area (Å²) in [6.45, 7) is 1.46. The van der Waals surface area contributed by atoms with Crippen LogP contribution < -0.4 is 10.6 Å². The first-order valence-corrected chi connectivity index (χ1v) is 9.49. The number of halogens is 1. The van der Waals surface area contributed by atoms with Crippen LogP contribution in [0.5, 0.6) is 0 Å². The molecule has 3 rings (SSSR count). The smallest absolute Gasteiger partial charge is 0.338 e. The molecule has 0 bridgehead atoms. The quantitative estimate of drug-likeness (QED) is 0.757. The van der Waals surface area contributed by atoms with Crippen molar-refractivity contribution in [2.75, 3.05) is 16.4 Å². The number of ether oxygens (including phenoxy) is 1. The molecular formula is C18H16ClN3O4S. The third-order valence-corrected chi connectivity index (χ3v) is 5.01. The molecule has 1 atom stereocenters. The van der Waals surface area contributed by atoms with Gasteiger partial charge in [0.1, 0.15) is 5.82 Å². The predicted octanol–water partition coefficient (Wildman–Crippen LogP) is 3.35. The summed E-state index contributed by atoms with van der Waals surface area (Å²) in [6, 6.07) is 8.05. The summed E-state index contributed by atoms with van der Waals surface area (Å²) in [6.07, 6.45) is 0.781. The van der Waals surface area contributed by atoms with E-state index in [0.29, 0.717) is 28.7 Å². The molecule has 2 N–H and O–H groups in total. The van der Waals surface area contributed by atoms with Crippen molar-refractivity contribution in [2.45, 2.75) is 24.3 Å². The monoisotopic (exact) mass is 405 g/mol. The maximum Gasteiger partial charge on any atom is 0.338 e. The number of rotatable bonds is 4. The highest BCUT2D eigenvalue weighted by Gasteiger charge is 2.21. The first kappa shape index (κ1) is 19.2. The first-order valence-electron chi connectivity index (χ1n) is 8.12. The average molecular weight is 406 g/mol. The van der Waals surface area contributed by atoms with Gasteiger partial charge in [0, 0.05) is 23.3 Å². The van der Waals surface area contributed by atoms with Crippen LogP contribution >= 0.6 is 23.4 Å². The average Bonchev–Trinajstić information content (AvgIpc) is 2.83. The summed E-state index contributed by atoms with van der Waals surface area (Å²) in [5.74, 6) is -0.296. The fraction of sp³-hybridized carbons (Fsp3) is 0.222. The number of aromatic nitrogens is 1. The number of nitrogens with one attached hydrogen (secondary N) is 2. The van der Waals surface area contributed by atoms with Crippen molar-refractivity contribution in [3.05, 3.63) is 47.1 Å². The number of pyridine rings is 1. The molecule has 1 aliphatic heterocycles. The lowest BCUT2D eigenvalue weighted by atomic mass is 10.2. The molecule has 0 saturated heterocycles. The maximum atomic E-state index is 12.4. The Kier molecular flexibility index (Phi) is 5.98. The van der Waals surface area contributed by atoms with E-state index in [-0.39, 0.29) is 11.5 Å². The summed E-state index contributed by atoms with van der Waals surface area (Å²) >= 11 is 7.28. The topological polar surface area (TPSA) is 97.4 Å². The van der Waals surface area contributed by atoms with Crippen LogP contribution in [0.4, 0.5) is 11.5 Å². The number of benzene rings is 1. The molecule has 2 amide bonds. The van der Waals surface area contributed by atoms with Crippen molar-refractivity contribution >= 4 is 52.7 Å². The van der Waals surface area contributed by atoms with E-state index in [9.17, 15) is 14.4 Å². The number of esters is 1. The zero-order valence-electron chi connectivity index (χ0n) is 14.3. The van der Waals surface area contributed by atoms with Crippen molar-refractivity contribution < 1.29 is 19.1 Å². The molecular weight excluding hydrogens is 390 g/mol. The van der Waals surface area contributed by atoms with Gasteiger partial charge >= 0.3 is 5.97 Å². The molecule has 0 saturated carbocycles. The van der Waals surface area contributed by atoms with Crippen LogP contribution in [0, 0.1) is 0 Å². The Balaban J connectivity index is 1.65. The number of carbonyl (C=O) groups excluding carboxylic acids is 3. The molecule has 0 aliphatic carbocycles. The van der Waals surface area contributed by atoms with Crippen LogP contribution in [0.15, 0.2) is 41.4 Å². The highest BCUT2D eigenvalue weighted by Crippen LogP contribution is 2.31. The molecule has 1 aromatic heterocycles. The van der Waals surface area contributed by atoms with Gasteiger partial charge in [-0.1, -0.05) is 11.6 Å². The van der Waals surface area contributed by atoms with Crippen molar-refractivity contribution in [3.63, 3.8) is 0 Å². The molecule has 1 aromatic carbocycles. The van der Waals surface area contributed by atoms with Gasteiger partial charge in [0.2, 0.25) is 5.91 Å². The molecule has 0 spiro atoms. The molecule has 9 heteroatoms. The van der Waals surface area contributed by atoms with Gasteiger partial charge in [-0.15, -0.1) is 11.8 Å². The summed E-state index contributed by atoms with van der Waals surface area (Å²) in [5.41, 5.74) is 0.820. The van der Waals surface area contributed by atoms with Gasteiger partial charge in [-0.2, -0.15) is 0 Å². The number of fused-ring (bicyclic) bond motifs is 1. The lowest BCUT2D eigenvalue weighted by Gasteiger charge is -2.14. The van der Waals surface area contributed by atoms with E-state index in [4.69, 9.17) is 16.3 Å². The van der Waals surface area contributed by atoms with Crippen molar-refractivity contribution in [1.82, 2.24) is 4.98 Å². The van der Waals surface area contributed by atoms with Crippen LogP contribution in [-0.4, -0.2) is 34.6 Å². The number of thioether (sulfide) groups is 1. The number of hydrogen-bond donors (Lipinski definition) is 2. The normalized spacial score (nSPS) is 14.4. The number of nitrogens with zero attached hydrogens (tertiary/aromatic N) is 1. The van der Waals surface area contributed by atoms with Crippen molar-refractivity contribution in [3.8, 4) is 0 Å². The van der Waals surface area contributed by atoms with Crippen LogP contribution in [-0.2, 0) is 14.3 Å². The van der Waals surface area contributed by atoms with Gasteiger partial charge in [0.05, 0.1) is 16.3 Å². The van der Waals surface area contributed by atoms with Gasteiger partial charge in [-0.25, -0.2) is 9.78 Å². The van der Waals surface area contributed by atoms with Gasteiger partial charge in [-0.05, 0) is 37.3 Å². The fourth-order valence-electron chi connectivity index (χ4n) is 2.31. The Morgan fingerprint density at radius 1 is 1.33 bits per heavy atom. The molecule has 1 aliphatic rings. The molecule has 0 unspecified atom stereocenters. The minimum atomic E-state index is -1.03. The Labute approximate surface area is 164 Å².